The van der Waals surface area contributed by atoms with Gasteiger partial charge in [-0.3, -0.25) is 14.7 Å². The lowest BCUT2D eigenvalue weighted by Gasteiger charge is -2.32. The Labute approximate surface area is 140 Å². The number of pyridine rings is 1. The molecule has 2 aromatic heterocycles. The van der Waals surface area contributed by atoms with Crippen molar-refractivity contribution < 1.29 is 4.79 Å². The highest BCUT2D eigenvalue weighted by molar-refractivity contribution is 7.15. The van der Waals surface area contributed by atoms with Crippen LogP contribution in [-0.4, -0.2) is 33.9 Å². The van der Waals surface area contributed by atoms with Crippen molar-refractivity contribution >= 4 is 22.4 Å². The Morgan fingerprint density at radius 3 is 3.13 bits per heavy atom. The van der Waals surface area contributed by atoms with Crippen molar-refractivity contribution in [1.29, 1.82) is 0 Å². The molecule has 5 nitrogen and oxygen atoms in total. The maximum atomic E-state index is 11.1. The second-order valence-electron chi connectivity index (χ2n) is 6.12. The zero-order valence-electron chi connectivity index (χ0n) is 13.6. The molecule has 1 saturated heterocycles. The number of carbonyl (C=O) groups is 1. The molecule has 1 amide bonds. The van der Waals surface area contributed by atoms with E-state index in [9.17, 15) is 4.79 Å². The summed E-state index contributed by atoms with van der Waals surface area (Å²) < 4.78 is 0. The molecule has 1 atom stereocenters. The summed E-state index contributed by atoms with van der Waals surface area (Å²) in [5.41, 5.74) is 2.48. The van der Waals surface area contributed by atoms with Crippen molar-refractivity contribution in [3.05, 3.63) is 40.7 Å². The van der Waals surface area contributed by atoms with E-state index in [1.165, 1.54) is 30.2 Å². The molecule has 1 aliphatic rings. The van der Waals surface area contributed by atoms with E-state index in [2.05, 4.69) is 32.3 Å². The number of anilines is 1. The Bertz CT molecular complexity index is 685. The first kappa shape index (κ1) is 16.1. The van der Waals surface area contributed by atoms with Crippen LogP contribution in [0.3, 0.4) is 0 Å². The molecule has 0 aliphatic carbocycles. The fourth-order valence-electron chi connectivity index (χ4n) is 3.10. The van der Waals surface area contributed by atoms with E-state index in [0.717, 1.165) is 25.3 Å². The molecule has 1 N–H and O–H groups in total. The molecule has 1 unspecified atom stereocenters. The first-order chi connectivity index (χ1) is 11.1. The topological polar surface area (TPSA) is 58.1 Å². The predicted molar refractivity (Wildman–Crippen MR) is 92.6 cm³/mol. The number of amides is 1. The number of hydrogen-bond donors (Lipinski definition) is 1. The van der Waals surface area contributed by atoms with Crippen LogP contribution >= 0.6 is 11.3 Å². The Kier molecular flexibility index (Phi) is 5.03. The van der Waals surface area contributed by atoms with Gasteiger partial charge in [-0.05, 0) is 49.9 Å². The lowest BCUT2D eigenvalue weighted by Crippen LogP contribution is -2.33. The van der Waals surface area contributed by atoms with E-state index in [4.69, 9.17) is 0 Å². The summed E-state index contributed by atoms with van der Waals surface area (Å²) in [7, 11) is 0. The van der Waals surface area contributed by atoms with Crippen molar-refractivity contribution in [2.24, 2.45) is 0 Å². The number of nitrogens with one attached hydrogen (secondary N) is 1. The third-order valence-corrected chi connectivity index (χ3v) is 5.01. The highest BCUT2D eigenvalue weighted by atomic mass is 32.1. The molecule has 1 aliphatic heterocycles. The van der Waals surface area contributed by atoms with E-state index in [-0.39, 0.29) is 5.91 Å². The fourth-order valence-corrected chi connectivity index (χ4v) is 4.00. The van der Waals surface area contributed by atoms with Crippen LogP contribution in [0.15, 0.2) is 24.5 Å². The second kappa shape index (κ2) is 7.19. The average molecular weight is 330 g/mol. The van der Waals surface area contributed by atoms with Crippen LogP contribution in [0.2, 0.25) is 0 Å². The van der Waals surface area contributed by atoms with Crippen LogP contribution in [0.25, 0.3) is 0 Å². The Hall–Kier alpha value is -1.79. The molecule has 2 aromatic rings. The summed E-state index contributed by atoms with van der Waals surface area (Å²) in [5.74, 6) is 0.505. The minimum absolute atomic E-state index is 0.0722. The van der Waals surface area contributed by atoms with Gasteiger partial charge in [-0.1, -0.05) is 0 Å². The summed E-state index contributed by atoms with van der Waals surface area (Å²) >= 11 is 1.56. The van der Waals surface area contributed by atoms with E-state index in [1.54, 1.807) is 11.3 Å². The number of hydrogen-bond acceptors (Lipinski definition) is 5. The average Bonchev–Trinajstić information content (AvgIpc) is 2.94. The van der Waals surface area contributed by atoms with Gasteiger partial charge in [-0.25, -0.2) is 4.98 Å². The number of aromatic nitrogens is 2. The van der Waals surface area contributed by atoms with Crippen LogP contribution in [-0.2, 0) is 11.3 Å². The summed E-state index contributed by atoms with van der Waals surface area (Å²) in [6, 6.07) is 4.35. The van der Waals surface area contributed by atoms with Crippen LogP contribution in [0, 0.1) is 6.92 Å². The summed E-state index contributed by atoms with van der Waals surface area (Å²) in [6.07, 6.45) is 6.23. The molecule has 0 aromatic carbocycles. The van der Waals surface area contributed by atoms with E-state index < -0.39 is 0 Å². The van der Waals surface area contributed by atoms with Gasteiger partial charge < -0.3 is 5.32 Å². The number of carbonyl (C=O) groups excluding carboxylic acids is 1. The number of nitrogens with zero attached hydrogens (tertiary/aromatic N) is 3. The quantitative estimate of drug-likeness (QED) is 0.935. The standard InChI is InChI=1S/C17H22N4OS/c1-12-8-14(5-6-18-12)15-4-3-7-21(10-15)11-16-9-19-17(23-16)20-13(2)22/h5-6,8-9,15H,3-4,7,10-11H2,1-2H3,(H,19,20,22). The van der Waals surface area contributed by atoms with Crippen molar-refractivity contribution in [2.75, 3.05) is 18.4 Å². The first-order valence-electron chi connectivity index (χ1n) is 7.97. The molecule has 3 heterocycles. The zero-order chi connectivity index (χ0) is 16.2. The molecule has 0 radical (unpaired) electrons. The summed E-state index contributed by atoms with van der Waals surface area (Å²) in [4.78, 5) is 23.3. The molecular formula is C17H22N4OS. The molecule has 1 fully saturated rings. The molecule has 0 saturated carbocycles. The fraction of sp³-hybridized carbons (Fsp3) is 0.471. The summed E-state index contributed by atoms with van der Waals surface area (Å²) in [5, 5.41) is 3.43. The highest BCUT2D eigenvalue weighted by Gasteiger charge is 2.22. The van der Waals surface area contributed by atoms with Crippen molar-refractivity contribution in [2.45, 2.75) is 39.2 Å². The molecule has 0 spiro atoms. The van der Waals surface area contributed by atoms with Crippen molar-refractivity contribution in [3.63, 3.8) is 0 Å². The van der Waals surface area contributed by atoms with Gasteiger partial charge in [0.05, 0.1) is 0 Å². The van der Waals surface area contributed by atoms with Crippen molar-refractivity contribution in [1.82, 2.24) is 14.9 Å². The van der Waals surface area contributed by atoms with Gasteiger partial charge >= 0.3 is 0 Å². The maximum Gasteiger partial charge on any atom is 0.223 e. The smallest absolute Gasteiger partial charge is 0.223 e. The highest BCUT2D eigenvalue weighted by Crippen LogP contribution is 2.29. The molecule has 3 rings (SSSR count). The number of aryl methyl sites for hydroxylation is 1. The van der Waals surface area contributed by atoms with Crippen LogP contribution in [0.1, 0.15) is 41.8 Å². The predicted octanol–water partition coefficient (Wildman–Crippen LogP) is 3.18. The van der Waals surface area contributed by atoms with E-state index >= 15 is 0 Å². The van der Waals surface area contributed by atoms with Crippen LogP contribution in [0.4, 0.5) is 5.13 Å². The minimum atomic E-state index is -0.0722. The number of rotatable bonds is 4. The molecule has 122 valence electrons. The Balaban J connectivity index is 1.62. The monoisotopic (exact) mass is 330 g/mol. The van der Waals surface area contributed by atoms with Gasteiger partial charge in [0.2, 0.25) is 5.91 Å². The van der Waals surface area contributed by atoms with Crippen LogP contribution < -0.4 is 5.32 Å². The van der Waals surface area contributed by atoms with Gasteiger partial charge in [0.25, 0.3) is 0 Å². The van der Waals surface area contributed by atoms with Gasteiger partial charge in [-0.2, -0.15) is 0 Å². The van der Waals surface area contributed by atoms with E-state index in [0.29, 0.717) is 11.0 Å². The molecule has 23 heavy (non-hydrogen) atoms. The minimum Gasteiger partial charge on any atom is -0.302 e. The summed E-state index contributed by atoms with van der Waals surface area (Å²) in [6.45, 7) is 6.64. The van der Waals surface area contributed by atoms with Crippen LogP contribution in [0.5, 0.6) is 0 Å². The lowest BCUT2D eigenvalue weighted by atomic mass is 9.91. The first-order valence-corrected chi connectivity index (χ1v) is 8.79. The van der Waals surface area contributed by atoms with Gasteiger partial charge in [0.1, 0.15) is 0 Å². The van der Waals surface area contributed by atoms with Crippen molar-refractivity contribution in [3.8, 4) is 0 Å². The largest absolute Gasteiger partial charge is 0.302 e. The second-order valence-corrected chi connectivity index (χ2v) is 7.23. The normalized spacial score (nSPS) is 18.8. The Morgan fingerprint density at radius 2 is 2.35 bits per heavy atom. The third kappa shape index (κ3) is 4.36. The third-order valence-electron chi connectivity index (χ3n) is 4.11. The number of thiazole rings is 1. The van der Waals surface area contributed by atoms with E-state index in [1.807, 2.05) is 19.3 Å². The number of likely N-dealkylation sites (tertiary alicyclic amines) is 1. The van der Waals surface area contributed by atoms with Gasteiger partial charge in [0.15, 0.2) is 5.13 Å². The lowest BCUT2D eigenvalue weighted by molar-refractivity contribution is -0.114. The Morgan fingerprint density at radius 1 is 1.48 bits per heavy atom. The molecule has 6 heteroatoms. The zero-order valence-corrected chi connectivity index (χ0v) is 14.4. The maximum absolute atomic E-state index is 11.1. The van der Waals surface area contributed by atoms with Gasteiger partial charge in [0, 0.05) is 43.0 Å². The SMILES string of the molecule is CC(=O)Nc1ncc(CN2CCCC(c3ccnc(C)c3)C2)s1. The molecule has 0 bridgehead atoms. The molecular weight excluding hydrogens is 308 g/mol. The van der Waals surface area contributed by atoms with Gasteiger partial charge in [-0.15, -0.1) is 11.3 Å². The number of piperidine rings is 1.